The number of rotatable bonds is 6. The highest BCUT2D eigenvalue weighted by Gasteiger charge is 2.27. The van der Waals surface area contributed by atoms with Crippen LogP contribution in [0.2, 0.25) is 0 Å². The van der Waals surface area contributed by atoms with Crippen LogP contribution in [0.15, 0.2) is 41.2 Å². The second-order valence-corrected chi connectivity index (χ2v) is 8.92. The van der Waals surface area contributed by atoms with E-state index in [0.29, 0.717) is 5.56 Å². The highest BCUT2D eigenvalue weighted by atomic mass is 32.1. The average molecular weight is 448 g/mol. The number of aliphatic hydroxyl groups is 2. The standard InChI is InChI=1S/C22H23F2N3O3S/c1-21(2,29)13-7-16(23)19(17(24)8-13)14-9-18(25-10-15(14)22(3,4)30)26-27-20(28)12-5-6-31-11-12/h5-11,29-30H,1-4H3,(H,25,26)(H,27,28). The maximum atomic E-state index is 15.0. The molecule has 0 radical (unpaired) electrons. The third kappa shape index (κ3) is 5.07. The van der Waals surface area contributed by atoms with Crippen molar-refractivity contribution < 1.29 is 23.8 Å². The van der Waals surface area contributed by atoms with Crippen molar-refractivity contribution in [2.24, 2.45) is 0 Å². The van der Waals surface area contributed by atoms with E-state index in [1.165, 1.54) is 51.3 Å². The Hall–Kier alpha value is -2.88. The maximum Gasteiger partial charge on any atom is 0.270 e. The molecule has 0 saturated carbocycles. The Kier molecular flexibility index (Phi) is 6.13. The molecule has 0 aliphatic rings. The molecule has 2 heterocycles. The molecule has 0 unspecified atom stereocenters. The number of nitrogens with one attached hydrogen (secondary N) is 2. The van der Waals surface area contributed by atoms with Crippen molar-refractivity contribution in [1.29, 1.82) is 0 Å². The first-order valence-electron chi connectivity index (χ1n) is 9.41. The van der Waals surface area contributed by atoms with E-state index in [0.717, 1.165) is 12.1 Å². The number of carbonyl (C=O) groups is 1. The molecule has 0 aliphatic carbocycles. The lowest BCUT2D eigenvalue weighted by atomic mass is 9.88. The lowest BCUT2D eigenvalue weighted by Crippen LogP contribution is -2.29. The van der Waals surface area contributed by atoms with Gasteiger partial charge in [-0.25, -0.2) is 13.8 Å². The van der Waals surface area contributed by atoms with E-state index in [9.17, 15) is 23.8 Å². The number of nitrogens with zero attached hydrogens (tertiary/aromatic N) is 1. The molecule has 1 aromatic carbocycles. The molecule has 0 atom stereocenters. The number of hydrogen-bond donors (Lipinski definition) is 4. The highest BCUT2D eigenvalue weighted by Crippen LogP contribution is 2.37. The smallest absolute Gasteiger partial charge is 0.270 e. The third-order valence-electron chi connectivity index (χ3n) is 4.67. The predicted molar refractivity (Wildman–Crippen MR) is 115 cm³/mol. The fraction of sp³-hybridized carbons (Fsp3) is 0.273. The van der Waals surface area contributed by atoms with E-state index in [-0.39, 0.29) is 28.1 Å². The van der Waals surface area contributed by atoms with Crippen LogP contribution in [0, 0.1) is 11.6 Å². The van der Waals surface area contributed by atoms with Crippen molar-refractivity contribution in [3.8, 4) is 11.1 Å². The second-order valence-electron chi connectivity index (χ2n) is 8.14. The van der Waals surface area contributed by atoms with Crippen LogP contribution in [0.25, 0.3) is 11.1 Å². The van der Waals surface area contributed by atoms with Gasteiger partial charge in [-0.2, -0.15) is 11.3 Å². The molecule has 3 aromatic rings. The van der Waals surface area contributed by atoms with E-state index in [4.69, 9.17) is 0 Å². The van der Waals surface area contributed by atoms with Gasteiger partial charge in [-0.3, -0.25) is 15.6 Å². The molecule has 0 fully saturated rings. The molecule has 0 saturated heterocycles. The summed E-state index contributed by atoms with van der Waals surface area (Å²) >= 11 is 1.37. The van der Waals surface area contributed by atoms with Crippen LogP contribution >= 0.6 is 11.3 Å². The Morgan fingerprint density at radius 2 is 1.71 bits per heavy atom. The quantitative estimate of drug-likeness (QED) is 0.423. The number of halogens is 2. The van der Waals surface area contributed by atoms with E-state index >= 15 is 0 Å². The van der Waals surface area contributed by atoms with Crippen LogP contribution in [0.5, 0.6) is 0 Å². The van der Waals surface area contributed by atoms with Gasteiger partial charge in [0.15, 0.2) is 0 Å². The lowest BCUT2D eigenvalue weighted by Gasteiger charge is -2.24. The Morgan fingerprint density at radius 1 is 1.06 bits per heavy atom. The molecule has 0 aliphatic heterocycles. The SMILES string of the molecule is CC(C)(O)c1cc(F)c(-c2cc(NNC(=O)c3ccsc3)ncc2C(C)(C)O)c(F)c1. The lowest BCUT2D eigenvalue weighted by molar-refractivity contribution is 0.0772. The molecular formula is C22H23F2N3O3S. The molecule has 0 bridgehead atoms. The number of carbonyl (C=O) groups excluding carboxylic acids is 1. The second kappa shape index (κ2) is 8.33. The van der Waals surface area contributed by atoms with E-state index < -0.39 is 28.7 Å². The first-order valence-corrected chi connectivity index (χ1v) is 10.4. The summed E-state index contributed by atoms with van der Waals surface area (Å²) < 4.78 is 30.0. The zero-order valence-corrected chi connectivity index (χ0v) is 18.3. The Labute approximate surface area is 182 Å². The van der Waals surface area contributed by atoms with Crippen LogP contribution in [-0.4, -0.2) is 21.1 Å². The molecule has 2 aromatic heterocycles. The monoisotopic (exact) mass is 447 g/mol. The fourth-order valence-electron chi connectivity index (χ4n) is 2.99. The van der Waals surface area contributed by atoms with E-state index in [2.05, 4.69) is 15.8 Å². The summed E-state index contributed by atoms with van der Waals surface area (Å²) in [6, 6.07) is 5.09. The van der Waals surface area contributed by atoms with Gasteiger partial charge in [-0.1, -0.05) is 0 Å². The average Bonchev–Trinajstić information content (AvgIpc) is 3.19. The van der Waals surface area contributed by atoms with Gasteiger partial charge in [-0.05, 0) is 68.5 Å². The van der Waals surface area contributed by atoms with Crippen LogP contribution in [0.4, 0.5) is 14.6 Å². The summed E-state index contributed by atoms with van der Waals surface area (Å²) in [4.78, 5) is 16.3. The van der Waals surface area contributed by atoms with Gasteiger partial charge in [0, 0.05) is 17.1 Å². The van der Waals surface area contributed by atoms with E-state index in [1.54, 1.807) is 16.8 Å². The number of hydrogen-bond acceptors (Lipinski definition) is 6. The van der Waals surface area contributed by atoms with Gasteiger partial charge in [0.05, 0.1) is 22.3 Å². The molecular weight excluding hydrogens is 424 g/mol. The number of pyridine rings is 1. The highest BCUT2D eigenvalue weighted by molar-refractivity contribution is 7.08. The van der Waals surface area contributed by atoms with Crippen LogP contribution in [0.1, 0.15) is 49.2 Å². The number of aromatic nitrogens is 1. The van der Waals surface area contributed by atoms with Gasteiger partial charge in [-0.15, -0.1) is 0 Å². The number of amides is 1. The zero-order chi connectivity index (χ0) is 23.0. The molecule has 1 amide bonds. The van der Waals surface area contributed by atoms with Gasteiger partial charge >= 0.3 is 0 Å². The van der Waals surface area contributed by atoms with Gasteiger partial charge in [0.25, 0.3) is 5.91 Å². The molecule has 31 heavy (non-hydrogen) atoms. The summed E-state index contributed by atoms with van der Waals surface area (Å²) in [5.41, 5.74) is 2.61. The fourth-order valence-corrected chi connectivity index (χ4v) is 3.62. The van der Waals surface area contributed by atoms with E-state index in [1.807, 2.05) is 0 Å². The normalized spacial score (nSPS) is 12.0. The van der Waals surface area contributed by atoms with Gasteiger partial charge in [0.1, 0.15) is 17.5 Å². The molecule has 6 nitrogen and oxygen atoms in total. The first kappa shape index (κ1) is 22.8. The van der Waals surface area contributed by atoms with Crippen molar-refractivity contribution in [3.63, 3.8) is 0 Å². The Morgan fingerprint density at radius 3 is 2.23 bits per heavy atom. The third-order valence-corrected chi connectivity index (χ3v) is 5.35. The molecule has 9 heteroatoms. The predicted octanol–water partition coefficient (Wildman–Crippen LogP) is 4.30. The van der Waals surface area contributed by atoms with Crippen LogP contribution in [-0.2, 0) is 11.2 Å². The van der Waals surface area contributed by atoms with Gasteiger partial charge < -0.3 is 10.2 Å². The topological polar surface area (TPSA) is 94.5 Å². The minimum Gasteiger partial charge on any atom is -0.386 e. The number of benzene rings is 1. The largest absolute Gasteiger partial charge is 0.386 e. The van der Waals surface area contributed by atoms with Crippen molar-refractivity contribution >= 4 is 23.1 Å². The summed E-state index contributed by atoms with van der Waals surface area (Å²) in [6.07, 6.45) is 1.29. The number of thiophene rings is 1. The molecule has 4 N–H and O–H groups in total. The minimum atomic E-state index is -1.45. The van der Waals surface area contributed by atoms with Gasteiger partial charge in [0.2, 0.25) is 0 Å². The number of hydrazine groups is 1. The maximum absolute atomic E-state index is 15.0. The Balaban J connectivity index is 2.04. The first-order chi connectivity index (χ1) is 14.4. The summed E-state index contributed by atoms with van der Waals surface area (Å²) in [7, 11) is 0. The summed E-state index contributed by atoms with van der Waals surface area (Å²) in [5, 5.41) is 24.0. The molecule has 0 spiro atoms. The van der Waals surface area contributed by atoms with Crippen LogP contribution < -0.4 is 10.9 Å². The molecule has 3 rings (SSSR count). The number of anilines is 1. The van der Waals surface area contributed by atoms with Crippen molar-refractivity contribution in [2.75, 3.05) is 5.43 Å². The summed E-state index contributed by atoms with van der Waals surface area (Å²) in [6.45, 7) is 5.79. The van der Waals surface area contributed by atoms with Crippen LogP contribution in [0.3, 0.4) is 0 Å². The summed E-state index contributed by atoms with van der Waals surface area (Å²) in [5.74, 6) is -2.08. The Bertz CT molecular complexity index is 1080. The zero-order valence-electron chi connectivity index (χ0n) is 17.5. The van der Waals surface area contributed by atoms with Crippen molar-refractivity contribution in [3.05, 3.63) is 69.5 Å². The van der Waals surface area contributed by atoms with Crippen molar-refractivity contribution in [1.82, 2.24) is 10.4 Å². The van der Waals surface area contributed by atoms with Crippen molar-refractivity contribution in [2.45, 2.75) is 38.9 Å². The molecule has 164 valence electrons. The minimum absolute atomic E-state index is 0.0621.